The molecular weight excluding hydrogens is 242 g/mol. The van der Waals surface area contributed by atoms with Gasteiger partial charge in [0.05, 0.1) is 0 Å². The summed E-state index contributed by atoms with van der Waals surface area (Å²) in [5.41, 5.74) is 1.52. The summed E-state index contributed by atoms with van der Waals surface area (Å²) in [7, 11) is 0. The molecule has 0 amide bonds. The first-order valence-electron chi connectivity index (χ1n) is 6.71. The summed E-state index contributed by atoms with van der Waals surface area (Å²) < 4.78 is 0. The van der Waals surface area contributed by atoms with Crippen LogP contribution in [0.5, 0.6) is 0 Å². The molecule has 1 saturated carbocycles. The summed E-state index contributed by atoms with van der Waals surface area (Å²) in [6, 6.07) is 8.77. The van der Waals surface area contributed by atoms with Crippen molar-refractivity contribution in [2.75, 3.05) is 13.2 Å². The number of aliphatic hydroxyl groups excluding tert-OH is 1. The van der Waals surface area contributed by atoms with Crippen LogP contribution in [0.25, 0.3) is 0 Å². The van der Waals surface area contributed by atoms with Gasteiger partial charge >= 0.3 is 0 Å². The molecule has 100 valence electrons. The number of thioether (sulfide) groups is 1. The zero-order chi connectivity index (χ0) is 13.0. The van der Waals surface area contributed by atoms with Crippen LogP contribution in [0.4, 0.5) is 0 Å². The highest BCUT2D eigenvalue weighted by molar-refractivity contribution is 7.99. The predicted octanol–water partition coefficient (Wildman–Crippen LogP) is 3.05. The van der Waals surface area contributed by atoms with Gasteiger partial charge < -0.3 is 10.4 Å². The summed E-state index contributed by atoms with van der Waals surface area (Å²) >= 11 is 1.90. The molecular formula is C15H23NOS. The van der Waals surface area contributed by atoms with E-state index in [0.717, 1.165) is 13.1 Å². The van der Waals surface area contributed by atoms with Crippen LogP contribution in [0.2, 0.25) is 0 Å². The number of rotatable bonds is 7. The molecule has 0 heterocycles. The Labute approximate surface area is 114 Å². The molecule has 0 spiro atoms. The van der Waals surface area contributed by atoms with Crippen molar-refractivity contribution in [3.63, 3.8) is 0 Å². The molecule has 1 fully saturated rings. The Balaban J connectivity index is 1.76. The van der Waals surface area contributed by atoms with Crippen LogP contribution in [0.3, 0.4) is 0 Å². The van der Waals surface area contributed by atoms with Crippen LogP contribution in [0.1, 0.15) is 32.3 Å². The highest BCUT2D eigenvalue weighted by atomic mass is 32.2. The van der Waals surface area contributed by atoms with E-state index < -0.39 is 0 Å². The molecule has 0 radical (unpaired) electrons. The fourth-order valence-corrected chi connectivity index (χ4v) is 2.84. The predicted molar refractivity (Wildman–Crippen MR) is 77.9 cm³/mol. The van der Waals surface area contributed by atoms with Crippen molar-refractivity contribution < 1.29 is 5.11 Å². The lowest BCUT2D eigenvalue weighted by molar-refractivity contribution is 0.207. The molecule has 0 bridgehead atoms. The Hall–Kier alpha value is -0.510. The third-order valence-corrected chi connectivity index (χ3v) is 4.43. The van der Waals surface area contributed by atoms with Gasteiger partial charge in [-0.05, 0) is 30.5 Å². The summed E-state index contributed by atoms with van der Waals surface area (Å²) in [5.74, 6) is 0. The Morgan fingerprint density at radius 3 is 2.44 bits per heavy atom. The monoisotopic (exact) mass is 265 g/mol. The molecule has 0 saturated heterocycles. The smallest absolute Gasteiger partial charge is 0.0499 e. The molecule has 18 heavy (non-hydrogen) atoms. The third-order valence-electron chi connectivity index (χ3n) is 3.42. The molecule has 0 unspecified atom stereocenters. The molecule has 0 aliphatic heterocycles. The van der Waals surface area contributed by atoms with Gasteiger partial charge in [-0.25, -0.2) is 0 Å². The standard InChI is InChI=1S/C15H23NOS/c1-12(2)18-14-5-3-13(4-6-14)9-16-10-15(11-17)7-8-15/h3-6,12,16-17H,7-11H2,1-2H3. The third kappa shape index (κ3) is 4.01. The van der Waals surface area contributed by atoms with Gasteiger partial charge in [-0.1, -0.05) is 26.0 Å². The van der Waals surface area contributed by atoms with E-state index in [4.69, 9.17) is 0 Å². The lowest BCUT2D eigenvalue weighted by Crippen LogP contribution is -2.26. The van der Waals surface area contributed by atoms with Crippen molar-refractivity contribution >= 4 is 11.8 Å². The molecule has 0 atom stereocenters. The largest absolute Gasteiger partial charge is 0.396 e. The lowest BCUT2D eigenvalue weighted by atomic mass is 10.1. The van der Waals surface area contributed by atoms with E-state index in [1.54, 1.807) is 0 Å². The number of hydrogen-bond donors (Lipinski definition) is 2. The maximum Gasteiger partial charge on any atom is 0.0499 e. The number of benzene rings is 1. The van der Waals surface area contributed by atoms with Crippen molar-refractivity contribution in [1.82, 2.24) is 5.32 Å². The summed E-state index contributed by atoms with van der Waals surface area (Å²) in [6.07, 6.45) is 2.33. The number of nitrogens with one attached hydrogen (secondary N) is 1. The average molecular weight is 265 g/mol. The first-order valence-corrected chi connectivity index (χ1v) is 7.59. The van der Waals surface area contributed by atoms with Gasteiger partial charge in [0.15, 0.2) is 0 Å². The van der Waals surface area contributed by atoms with Crippen molar-refractivity contribution in [1.29, 1.82) is 0 Å². The van der Waals surface area contributed by atoms with Crippen LogP contribution in [0, 0.1) is 5.41 Å². The minimum Gasteiger partial charge on any atom is -0.396 e. The fourth-order valence-electron chi connectivity index (χ4n) is 2.00. The lowest BCUT2D eigenvalue weighted by Gasteiger charge is -2.13. The minimum atomic E-state index is 0.202. The van der Waals surface area contributed by atoms with Crippen molar-refractivity contribution in [2.24, 2.45) is 5.41 Å². The molecule has 1 aromatic rings. The quantitative estimate of drug-likeness (QED) is 0.743. The Morgan fingerprint density at radius 2 is 1.94 bits per heavy atom. The average Bonchev–Trinajstić information content (AvgIpc) is 3.11. The maximum absolute atomic E-state index is 9.23. The minimum absolute atomic E-state index is 0.202. The first kappa shape index (κ1) is 13.9. The van der Waals surface area contributed by atoms with Gasteiger partial charge in [-0.2, -0.15) is 0 Å². The Morgan fingerprint density at radius 1 is 1.28 bits per heavy atom. The Kier molecular flexibility index (Phi) is 4.71. The maximum atomic E-state index is 9.23. The van der Waals surface area contributed by atoms with E-state index in [1.165, 1.54) is 23.3 Å². The van der Waals surface area contributed by atoms with Gasteiger partial charge in [0.25, 0.3) is 0 Å². The Bertz CT molecular complexity index is 371. The van der Waals surface area contributed by atoms with Crippen LogP contribution in [-0.2, 0) is 6.54 Å². The van der Waals surface area contributed by atoms with Crippen LogP contribution >= 0.6 is 11.8 Å². The highest BCUT2D eigenvalue weighted by Gasteiger charge is 2.41. The second-order valence-electron chi connectivity index (χ2n) is 5.57. The second-order valence-corrected chi connectivity index (χ2v) is 7.22. The molecule has 1 aromatic carbocycles. The zero-order valence-electron chi connectivity index (χ0n) is 11.3. The van der Waals surface area contributed by atoms with Crippen LogP contribution in [-0.4, -0.2) is 23.5 Å². The summed E-state index contributed by atoms with van der Waals surface area (Å²) in [6.45, 7) is 6.58. The van der Waals surface area contributed by atoms with Gasteiger partial charge in [0, 0.05) is 35.3 Å². The van der Waals surface area contributed by atoms with Crippen LogP contribution < -0.4 is 5.32 Å². The van der Waals surface area contributed by atoms with E-state index in [0.29, 0.717) is 11.9 Å². The molecule has 2 rings (SSSR count). The van der Waals surface area contributed by atoms with E-state index in [2.05, 4.69) is 43.4 Å². The normalized spacial score (nSPS) is 17.1. The van der Waals surface area contributed by atoms with Gasteiger partial charge in [0.1, 0.15) is 0 Å². The topological polar surface area (TPSA) is 32.3 Å². The fraction of sp³-hybridized carbons (Fsp3) is 0.600. The molecule has 0 aromatic heterocycles. The zero-order valence-corrected chi connectivity index (χ0v) is 12.1. The summed E-state index contributed by atoms with van der Waals surface area (Å²) in [4.78, 5) is 1.34. The van der Waals surface area contributed by atoms with Crippen molar-refractivity contribution in [2.45, 2.75) is 43.4 Å². The first-order chi connectivity index (χ1) is 8.63. The SMILES string of the molecule is CC(C)Sc1ccc(CNCC2(CO)CC2)cc1. The number of aliphatic hydroxyl groups is 1. The van der Waals surface area contributed by atoms with E-state index in [-0.39, 0.29) is 5.41 Å². The molecule has 2 nitrogen and oxygen atoms in total. The van der Waals surface area contributed by atoms with Crippen molar-refractivity contribution in [3.05, 3.63) is 29.8 Å². The van der Waals surface area contributed by atoms with Crippen molar-refractivity contribution in [3.8, 4) is 0 Å². The van der Waals surface area contributed by atoms with Gasteiger partial charge in [-0.15, -0.1) is 11.8 Å². The van der Waals surface area contributed by atoms with Crippen LogP contribution in [0.15, 0.2) is 29.2 Å². The van der Waals surface area contributed by atoms with E-state index >= 15 is 0 Å². The van der Waals surface area contributed by atoms with Gasteiger partial charge in [-0.3, -0.25) is 0 Å². The molecule has 1 aliphatic rings. The van der Waals surface area contributed by atoms with E-state index in [9.17, 15) is 5.11 Å². The van der Waals surface area contributed by atoms with Gasteiger partial charge in [0.2, 0.25) is 0 Å². The summed E-state index contributed by atoms with van der Waals surface area (Å²) in [5, 5.41) is 13.3. The molecule has 1 aliphatic carbocycles. The highest BCUT2D eigenvalue weighted by Crippen LogP contribution is 2.44. The van der Waals surface area contributed by atoms with E-state index in [1.807, 2.05) is 11.8 Å². The second kappa shape index (κ2) is 6.09. The molecule has 2 N–H and O–H groups in total. The molecule has 3 heteroatoms. The number of hydrogen-bond acceptors (Lipinski definition) is 3.